The molecule has 1 aliphatic rings. The molecule has 0 aliphatic carbocycles. The number of benzene rings is 3. The lowest BCUT2D eigenvalue weighted by Gasteiger charge is -2.27. The summed E-state index contributed by atoms with van der Waals surface area (Å²) in [6.07, 6.45) is 6.53. The maximum absolute atomic E-state index is 3.53. The topological polar surface area (TPSA) is 15.3 Å². The summed E-state index contributed by atoms with van der Waals surface area (Å²) in [6.45, 7) is 0. The van der Waals surface area contributed by atoms with Crippen molar-refractivity contribution in [2.75, 3.05) is 5.01 Å². The lowest BCUT2D eigenvalue weighted by Crippen LogP contribution is -2.33. The van der Waals surface area contributed by atoms with Gasteiger partial charge in [0, 0.05) is 0 Å². The number of hydrogen-bond donors (Lipinski definition) is 1. The lowest BCUT2D eigenvalue weighted by molar-refractivity contribution is 0.710. The molecule has 1 heterocycles. The zero-order valence-electron chi connectivity index (χ0n) is 13.9. The van der Waals surface area contributed by atoms with E-state index in [-0.39, 0.29) is 6.04 Å². The highest BCUT2D eigenvalue weighted by Crippen LogP contribution is 2.32. The van der Waals surface area contributed by atoms with Crippen LogP contribution in [0, 0.1) is 0 Å². The number of para-hydroxylation sites is 1. The first-order valence-corrected chi connectivity index (χ1v) is 8.51. The standard InChI is InChI=1S/C23H20N2/c1-4-10-19(11-5-1)16-17-21-18-23(20-12-6-2-7-13-20)25(24-21)22-14-8-3-9-15-22/h1-18,23-24H. The van der Waals surface area contributed by atoms with E-state index in [1.807, 2.05) is 12.1 Å². The van der Waals surface area contributed by atoms with E-state index in [1.54, 1.807) is 0 Å². The second-order valence-corrected chi connectivity index (χ2v) is 6.04. The van der Waals surface area contributed by atoms with Gasteiger partial charge in [-0.2, -0.15) is 0 Å². The van der Waals surface area contributed by atoms with Gasteiger partial charge in [0.2, 0.25) is 0 Å². The Balaban J connectivity index is 1.64. The summed E-state index contributed by atoms with van der Waals surface area (Å²) in [7, 11) is 0. The van der Waals surface area contributed by atoms with Gasteiger partial charge in [0.25, 0.3) is 0 Å². The number of anilines is 1. The first-order valence-electron chi connectivity index (χ1n) is 8.51. The molecule has 0 saturated carbocycles. The van der Waals surface area contributed by atoms with Crippen LogP contribution in [-0.2, 0) is 0 Å². The van der Waals surface area contributed by atoms with Gasteiger partial charge in [0.15, 0.2) is 0 Å². The molecule has 1 atom stereocenters. The van der Waals surface area contributed by atoms with E-state index in [4.69, 9.17) is 0 Å². The van der Waals surface area contributed by atoms with E-state index in [0.717, 1.165) is 11.4 Å². The summed E-state index contributed by atoms with van der Waals surface area (Å²) in [6, 6.07) is 31.5. The van der Waals surface area contributed by atoms with Crippen LogP contribution in [0.2, 0.25) is 0 Å². The van der Waals surface area contributed by atoms with Crippen LogP contribution in [-0.4, -0.2) is 0 Å². The van der Waals surface area contributed by atoms with Crippen LogP contribution in [0.4, 0.5) is 5.69 Å². The Morgan fingerprint density at radius 3 is 1.96 bits per heavy atom. The summed E-state index contributed by atoms with van der Waals surface area (Å²) >= 11 is 0. The van der Waals surface area contributed by atoms with Crippen LogP contribution in [0.3, 0.4) is 0 Å². The Kier molecular flexibility index (Phi) is 4.34. The Morgan fingerprint density at radius 1 is 0.680 bits per heavy atom. The normalized spacial score (nSPS) is 16.7. The van der Waals surface area contributed by atoms with Gasteiger partial charge >= 0.3 is 0 Å². The average Bonchev–Trinajstić information content (AvgIpc) is 3.13. The van der Waals surface area contributed by atoms with Crippen LogP contribution < -0.4 is 10.4 Å². The average molecular weight is 324 g/mol. The van der Waals surface area contributed by atoms with Crippen molar-refractivity contribution in [2.24, 2.45) is 0 Å². The van der Waals surface area contributed by atoms with Crippen LogP contribution in [0.15, 0.2) is 109 Å². The highest BCUT2D eigenvalue weighted by molar-refractivity contribution is 5.57. The minimum absolute atomic E-state index is 0.166. The molecule has 0 bridgehead atoms. The fourth-order valence-electron chi connectivity index (χ4n) is 3.04. The highest BCUT2D eigenvalue weighted by atomic mass is 15.5. The minimum atomic E-state index is 0.166. The third-order valence-electron chi connectivity index (χ3n) is 4.30. The largest absolute Gasteiger partial charge is 0.298 e. The third kappa shape index (κ3) is 3.48. The second kappa shape index (κ2) is 7.10. The summed E-state index contributed by atoms with van der Waals surface area (Å²) in [5, 5.41) is 2.21. The molecule has 1 unspecified atom stereocenters. The Bertz CT molecular complexity index is 868. The fraction of sp³-hybridized carbons (Fsp3) is 0.0435. The van der Waals surface area contributed by atoms with E-state index in [2.05, 4.69) is 108 Å². The van der Waals surface area contributed by atoms with Crippen molar-refractivity contribution in [3.63, 3.8) is 0 Å². The van der Waals surface area contributed by atoms with Gasteiger partial charge in [-0.3, -0.25) is 10.4 Å². The van der Waals surface area contributed by atoms with Gasteiger partial charge in [-0.25, -0.2) is 0 Å². The molecule has 122 valence electrons. The van der Waals surface area contributed by atoms with Crippen molar-refractivity contribution in [1.29, 1.82) is 0 Å². The maximum Gasteiger partial charge on any atom is 0.0958 e. The van der Waals surface area contributed by atoms with Crippen molar-refractivity contribution >= 4 is 11.8 Å². The van der Waals surface area contributed by atoms with Gasteiger partial charge in [0.1, 0.15) is 0 Å². The van der Waals surface area contributed by atoms with Gasteiger partial charge < -0.3 is 0 Å². The molecule has 0 radical (unpaired) electrons. The number of nitrogens with zero attached hydrogens (tertiary/aromatic N) is 1. The summed E-state index contributed by atoms with van der Waals surface area (Å²) < 4.78 is 0. The SMILES string of the molecule is C(=Cc1ccccc1)C1=CC(c2ccccc2)N(c2ccccc2)N1. The van der Waals surface area contributed by atoms with Crippen LogP contribution in [0.25, 0.3) is 6.08 Å². The molecule has 1 N–H and O–H groups in total. The predicted octanol–water partition coefficient (Wildman–Crippen LogP) is 5.35. The van der Waals surface area contributed by atoms with Gasteiger partial charge in [-0.1, -0.05) is 84.9 Å². The van der Waals surface area contributed by atoms with Gasteiger partial charge in [0.05, 0.1) is 17.4 Å². The van der Waals surface area contributed by atoms with Gasteiger partial charge in [-0.15, -0.1) is 0 Å². The van der Waals surface area contributed by atoms with Crippen molar-refractivity contribution < 1.29 is 0 Å². The number of allylic oxidation sites excluding steroid dienone is 1. The van der Waals surface area contributed by atoms with Crippen LogP contribution >= 0.6 is 0 Å². The molecule has 0 spiro atoms. The summed E-state index contributed by atoms with van der Waals surface area (Å²) in [5.74, 6) is 0. The number of nitrogens with one attached hydrogen (secondary N) is 1. The smallest absolute Gasteiger partial charge is 0.0958 e. The number of hydrazine groups is 1. The lowest BCUT2D eigenvalue weighted by atomic mass is 10.1. The number of hydrogen-bond acceptors (Lipinski definition) is 2. The molecular weight excluding hydrogens is 304 g/mol. The zero-order valence-corrected chi connectivity index (χ0v) is 13.9. The van der Waals surface area contributed by atoms with E-state index < -0.39 is 0 Å². The summed E-state index contributed by atoms with van der Waals surface area (Å²) in [5.41, 5.74) is 8.24. The molecule has 0 fully saturated rings. The maximum atomic E-state index is 3.53. The van der Waals surface area contributed by atoms with Crippen LogP contribution in [0.1, 0.15) is 17.2 Å². The molecule has 25 heavy (non-hydrogen) atoms. The molecule has 0 aromatic heterocycles. The van der Waals surface area contributed by atoms with Crippen molar-refractivity contribution in [3.05, 3.63) is 120 Å². The van der Waals surface area contributed by atoms with Crippen molar-refractivity contribution in [2.45, 2.75) is 6.04 Å². The Hall–Kier alpha value is -3.26. The first-order chi connectivity index (χ1) is 12.4. The van der Waals surface area contributed by atoms with E-state index in [1.165, 1.54) is 11.1 Å². The molecule has 0 saturated heterocycles. The predicted molar refractivity (Wildman–Crippen MR) is 105 cm³/mol. The van der Waals surface area contributed by atoms with E-state index >= 15 is 0 Å². The highest BCUT2D eigenvalue weighted by Gasteiger charge is 2.25. The third-order valence-corrected chi connectivity index (χ3v) is 4.30. The summed E-state index contributed by atoms with van der Waals surface area (Å²) in [4.78, 5) is 0. The zero-order chi connectivity index (χ0) is 16.9. The molecule has 4 rings (SSSR count). The first kappa shape index (κ1) is 15.3. The second-order valence-electron chi connectivity index (χ2n) is 6.04. The molecule has 1 aliphatic heterocycles. The Labute approximate surface area is 148 Å². The monoisotopic (exact) mass is 324 g/mol. The molecule has 2 heteroatoms. The number of rotatable bonds is 4. The minimum Gasteiger partial charge on any atom is -0.298 e. The van der Waals surface area contributed by atoms with Crippen molar-refractivity contribution in [1.82, 2.24) is 5.43 Å². The molecular formula is C23H20N2. The molecule has 3 aromatic carbocycles. The molecule has 0 amide bonds. The molecule has 3 aromatic rings. The van der Waals surface area contributed by atoms with Crippen molar-refractivity contribution in [3.8, 4) is 0 Å². The van der Waals surface area contributed by atoms with Gasteiger partial charge in [-0.05, 0) is 35.4 Å². The fourth-order valence-corrected chi connectivity index (χ4v) is 3.04. The van der Waals surface area contributed by atoms with Crippen LogP contribution in [0.5, 0.6) is 0 Å². The molecule has 2 nitrogen and oxygen atoms in total. The Morgan fingerprint density at radius 2 is 1.28 bits per heavy atom. The van der Waals surface area contributed by atoms with E-state index in [9.17, 15) is 0 Å². The van der Waals surface area contributed by atoms with E-state index in [0.29, 0.717) is 0 Å². The quantitative estimate of drug-likeness (QED) is 0.696.